The summed E-state index contributed by atoms with van der Waals surface area (Å²) in [5, 5.41) is -0.0806. The van der Waals surface area contributed by atoms with Gasteiger partial charge in [-0.05, 0) is 45.0 Å². The Bertz CT molecular complexity index is 436. The second-order valence-corrected chi connectivity index (χ2v) is 6.13. The largest absolute Gasteiger partial charge is 0.488 e. The lowest BCUT2D eigenvalue weighted by atomic mass is 10.2. The summed E-state index contributed by atoms with van der Waals surface area (Å²) in [4.78, 5) is 13.4. The quantitative estimate of drug-likeness (QED) is 0.770. The van der Waals surface area contributed by atoms with Crippen molar-refractivity contribution in [2.75, 3.05) is 11.4 Å². The van der Waals surface area contributed by atoms with Crippen LogP contribution in [0.25, 0.3) is 0 Å². The molecule has 1 aliphatic rings. The highest BCUT2D eigenvalue weighted by Crippen LogP contribution is 2.27. The molecular formula is C14H18ClNO2. The number of anilines is 1. The Morgan fingerprint density at radius 1 is 1.28 bits per heavy atom. The molecule has 1 aromatic carbocycles. The van der Waals surface area contributed by atoms with Gasteiger partial charge in [-0.1, -0.05) is 0 Å². The standard InChI is InChI=1S/C14H18ClNO2/c1-14(2,3)18-12-6-4-11(5-7-12)16-9-10(15)8-13(16)17/h4-7,10H,8-9H2,1-3H3. The third kappa shape index (κ3) is 3.16. The topological polar surface area (TPSA) is 29.5 Å². The molecule has 18 heavy (non-hydrogen) atoms. The third-order valence-corrected chi connectivity index (χ3v) is 2.94. The van der Waals surface area contributed by atoms with Crippen LogP contribution in [0.1, 0.15) is 27.2 Å². The van der Waals surface area contributed by atoms with E-state index in [-0.39, 0.29) is 16.9 Å². The fraction of sp³-hybridized carbons (Fsp3) is 0.500. The molecule has 3 nitrogen and oxygen atoms in total. The summed E-state index contributed by atoms with van der Waals surface area (Å²) in [6.07, 6.45) is 0.418. The molecular weight excluding hydrogens is 250 g/mol. The van der Waals surface area contributed by atoms with E-state index in [2.05, 4.69) is 0 Å². The molecule has 1 atom stereocenters. The Morgan fingerprint density at radius 2 is 1.89 bits per heavy atom. The lowest BCUT2D eigenvalue weighted by Crippen LogP contribution is -2.25. The maximum absolute atomic E-state index is 11.7. The van der Waals surface area contributed by atoms with Gasteiger partial charge in [0.2, 0.25) is 5.91 Å². The van der Waals surface area contributed by atoms with Gasteiger partial charge in [0.25, 0.3) is 0 Å². The predicted octanol–water partition coefficient (Wildman–Crippen LogP) is 3.21. The number of carbonyl (C=O) groups is 1. The van der Waals surface area contributed by atoms with Crippen LogP contribution in [0, 0.1) is 0 Å². The van der Waals surface area contributed by atoms with Crippen LogP contribution in [0.2, 0.25) is 0 Å². The van der Waals surface area contributed by atoms with Crippen molar-refractivity contribution in [1.29, 1.82) is 0 Å². The minimum absolute atomic E-state index is 0.0806. The minimum Gasteiger partial charge on any atom is -0.488 e. The van der Waals surface area contributed by atoms with Gasteiger partial charge in [-0.15, -0.1) is 11.6 Å². The number of carbonyl (C=O) groups excluding carboxylic acids is 1. The third-order valence-electron chi connectivity index (χ3n) is 2.65. The molecule has 1 fully saturated rings. The summed E-state index contributed by atoms with van der Waals surface area (Å²) < 4.78 is 5.74. The van der Waals surface area contributed by atoms with Crippen molar-refractivity contribution in [3.63, 3.8) is 0 Å². The minimum atomic E-state index is -0.216. The van der Waals surface area contributed by atoms with Gasteiger partial charge in [-0.25, -0.2) is 0 Å². The number of amides is 1. The normalized spacial score (nSPS) is 20.3. The van der Waals surface area contributed by atoms with Crippen LogP contribution >= 0.6 is 11.6 Å². The van der Waals surface area contributed by atoms with Crippen LogP contribution in [-0.4, -0.2) is 23.4 Å². The number of alkyl halides is 1. The molecule has 0 aromatic heterocycles. The molecule has 2 rings (SSSR count). The zero-order valence-corrected chi connectivity index (χ0v) is 11.7. The first-order valence-electron chi connectivity index (χ1n) is 6.09. The number of hydrogen-bond donors (Lipinski definition) is 0. The molecule has 0 saturated carbocycles. The van der Waals surface area contributed by atoms with E-state index in [0.29, 0.717) is 13.0 Å². The molecule has 0 spiro atoms. The number of halogens is 1. The van der Waals surface area contributed by atoms with E-state index in [4.69, 9.17) is 16.3 Å². The number of benzene rings is 1. The second-order valence-electron chi connectivity index (χ2n) is 5.51. The summed E-state index contributed by atoms with van der Waals surface area (Å²) in [6.45, 7) is 6.59. The Morgan fingerprint density at radius 3 is 2.33 bits per heavy atom. The fourth-order valence-corrected chi connectivity index (χ4v) is 2.23. The summed E-state index contributed by atoms with van der Waals surface area (Å²) in [6, 6.07) is 7.56. The van der Waals surface area contributed by atoms with Crippen molar-refractivity contribution in [2.45, 2.75) is 38.2 Å². The smallest absolute Gasteiger partial charge is 0.228 e. The van der Waals surface area contributed by atoms with Gasteiger partial charge in [0.05, 0.1) is 5.38 Å². The van der Waals surface area contributed by atoms with E-state index >= 15 is 0 Å². The van der Waals surface area contributed by atoms with Crippen LogP contribution in [0.5, 0.6) is 5.75 Å². The van der Waals surface area contributed by atoms with Gasteiger partial charge in [0.15, 0.2) is 0 Å². The number of ether oxygens (including phenoxy) is 1. The zero-order chi connectivity index (χ0) is 13.3. The molecule has 1 unspecified atom stereocenters. The first kappa shape index (κ1) is 13.2. The number of rotatable bonds is 2. The molecule has 0 N–H and O–H groups in total. The number of hydrogen-bond acceptors (Lipinski definition) is 2. The maximum Gasteiger partial charge on any atom is 0.228 e. The Balaban J connectivity index is 2.11. The van der Waals surface area contributed by atoms with Gasteiger partial charge in [-0.3, -0.25) is 4.79 Å². The van der Waals surface area contributed by atoms with E-state index in [9.17, 15) is 4.79 Å². The highest BCUT2D eigenvalue weighted by atomic mass is 35.5. The molecule has 0 radical (unpaired) electrons. The average molecular weight is 268 g/mol. The molecule has 1 amide bonds. The number of nitrogens with zero attached hydrogens (tertiary/aromatic N) is 1. The molecule has 1 aliphatic heterocycles. The highest BCUT2D eigenvalue weighted by molar-refractivity contribution is 6.24. The predicted molar refractivity (Wildman–Crippen MR) is 73.4 cm³/mol. The van der Waals surface area contributed by atoms with Gasteiger partial charge < -0.3 is 9.64 Å². The van der Waals surface area contributed by atoms with E-state index in [1.165, 1.54) is 0 Å². The van der Waals surface area contributed by atoms with E-state index in [1.807, 2.05) is 45.0 Å². The van der Waals surface area contributed by atoms with Gasteiger partial charge in [0.1, 0.15) is 11.4 Å². The van der Waals surface area contributed by atoms with Crippen molar-refractivity contribution in [3.05, 3.63) is 24.3 Å². The van der Waals surface area contributed by atoms with E-state index < -0.39 is 0 Å². The summed E-state index contributed by atoms with van der Waals surface area (Å²) in [5.41, 5.74) is 0.663. The van der Waals surface area contributed by atoms with Gasteiger partial charge in [0, 0.05) is 18.7 Å². The van der Waals surface area contributed by atoms with Crippen LogP contribution in [0.15, 0.2) is 24.3 Å². The second kappa shape index (κ2) is 4.81. The van der Waals surface area contributed by atoms with Crippen molar-refractivity contribution in [2.24, 2.45) is 0 Å². The first-order chi connectivity index (χ1) is 8.35. The Labute approximate surface area is 113 Å². The molecule has 1 saturated heterocycles. The molecule has 1 aromatic rings. The van der Waals surface area contributed by atoms with Crippen LogP contribution < -0.4 is 9.64 Å². The zero-order valence-electron chi connectivity index (χ0n) is 10.9. The summed E-state index contributed by atoms with van der Waals surface area (Å²) in [7, 11) is 0. The van der Waals surface area contributed by atoms with Crippen LogP contribution in [0.3, 0.4) is 0 Å². The molecule has 1 heterocycles. The van der Waals surface area contributed by atoms with Gasteiger partial charge >= 0.3 is 0 Å². The molecule has 0 bridgehead atoms. The lowest BCUT2D eigenvalue weighted by molar-refractivity contribution is -0.117. The Kier molecular flexibility index (Phi) is 3.53. The van der Waals surface area contributed by atoms with Crippen molar-refractivity contribution < 1.29 is 9.53 Å². The van der Waals surface area contributed by atoms with E-state index in [0.717, 1.165) is 11.4 Å². The monoisotopic (exact) mass is 267 g/mol. The van der Waals surface area contributed by atoms with Crippen molar-refractivity contribution in [1.82, 2.24) is 0 Å². The molecule has 98 valence electrons. The first-order valence-corrected chi connectivity index (χ1v) is 6.52. The summed E-state index contributed by atoms with van der Waals surface area (Å²) in [5.74, 6) is 0.889. The molecule has 0 aliphatic carbocycles. The van der Waals surface area contributed by atoms with Crippen molar-refractivity contribution in [3.8, 4) is 5.75 Å². The van der Waals surface area contributed by atoms with Crippen LogP contribution in [-0.2, 0) is 4.79 Å². The maximum atomic E-state index is 11.7. The Hall–Kier alpha value is -1.22. The van der Waals surface area contributed by atoms with Gasteiger partial charge in [-0.2, -0.15) is 0 Å². The van der Waals surface area contributed by atoms with Crippen molar-refractivity contribution >= 4 is 23.2 Å². The fourth-order valence-electron chi connectivity index (χ4n) is 1.96. The average Bonchev–Trinajstić information content (AvgIpc) is 2.57. The van der Waals surface area contributed by atoms with Crippen LogP contribution in [0.4, 0.5) is 5.69 Å². The lowest BCUT2D eigenvalue weighted by Gasteiger charge is -2.22. The molecule has 4 heteroatoms. The SMILES string of the molecule is CC(C)(C)Oc1ccc(N2CC(Cl)CC2=O)cc1. The highest BCUT2D eigenvalue weighted by Gasteiger charge is 2.29. The summed E-state index contributed by atoms with van der Waals surface area (Å²) >= 11 is 5.98. The van der Waals surface area contributed by atoms with E-state index in [1.54, 1.807) is 4.90 Å².